The van der Waals surface area contributed by atoms with Crippen molar-refractivity contribution in [2.45, 2.75) is 6.92 Å². The van der Waals surface area contributed by atoms with E-state index in [1.807, 2.05) is 18.2 Å². The van der Waals surface area contributed by atoms with E-state index < -0.39 is 0 Å². The largest absolute Gasteiger partial charge is 0.493 e. The number of pyridine rings is 1. The predicted octanol–water partition coefficient (Wildman–Crippen LogP) is 3.35. The Labute approximate surface area is 147 Å². The first-order chi connectivity index (χ1) is 12.1. The van der Waals surface area contributed by atoms with E-state index in [0.29, 0.717) is 29.5 Å². The monoisotopic (exact) mass is 343 g/mol. The topological polar surface area (TPSA) is 66.9 Å². The first-order valence-electron chi connectivity index (χ1n) is 7.74. The Hall–Kier alpha value is -3.02. The minimum absolute atomic E-state index is 0.343. The molecule has 0 aliphatic carbocycles. The van der Waals surface area contributed by atoms with Gasteiger partial charge in [-0.25, -0.2) is 4.79 Å². The van der Waals surface area contributed by atoms with Crippen LogP contribution in [0.4, 0.5) is 0 Å². The van der Waals surface area contributed by atoms with Crippen LogP contribution in [0.3, 0.4) is 0 Å². The lowest BCUT2D eigenvalue weighted by Gasteiger charge is -2.14. The van der Waals surface area contributed by atoms with Crippen molar-refractivity contribution in [2.75, 3.05) is 27.9 Å². The third kappa shape index (κ3) is 4.50. The predicted molar refractivity (Wildman–Crippen MR) is 95.0 cm³/mol. The van der Waals surface area contributed by atoms with E-state index in [4.69, 9.17) is 18.9 Å². The van der Waals surface area contributed by atoms with Crippen LogP contribution in [0.2, 0.25) is 0 Å². The van der Waals surface area contributed by atoms with Gasteiger partial charge in [-0.1, -0.05) is 0 Å². The lowest BCUT2D eigenvalue weighted by Crippen LogP contribution is -1.98. The molecule has 2 rings (SSSR count). The number of hydrogen-bond donors (Lipinski definition) is 0. The fourth-order valence-electron chi connectivity index (χ4n) is 2.29. The van der Waals surface area contributed by atoms with E-state index >= 15 is 0 Å². The van der Waals surface area contributed by atoms with E-state index in [0.717, 1.165) is 11.1 Å². The number of aromatic nitrogens is 1. The summed E-state index contributed by atoms with van der Waals surface area (Å²) in [6.45, 7) is 2.11. The molecule has 1 heterocycles. The minimum Gasteiger partial charge on any atom is -0.493 e. The summed E-state index contributed by atoms with van der Waals surface area (Å²) in [5, 5.41) is 0. The molecule has 6 heteroatoms. The Balaban J connectivity index is 2.39. The van der Waals surface area contributed by atoms with Gasteiger partial charge in [0.25, 0.3) is 0 Å². The molecule has 0 fully saturated rings. The Kier molecular flexibility index (Phi) is 6.39. The summed E-state index contributed by atoms with van der Waals surface area (Å²) in [5.41, 5.74) is 2.35. The second-order valence-electron chi connectivity index (χ2n) is 4.97. The molecular formula is C19H21NO5. The van der Waals surface area contributed by atoms with Crippen LogP contribution in [0.1, 0.15) is 12.5 Å². The molecule has 1 aromatic heterocycles. The molecule has 0 bridgehead atoms. The maximum atomic E-state index is 11.4. The molecule has 132 valence electrons. The van der Waals surface area contributed by atoms with E-state index in [9.17, 15) is 4.79 Å². The second kappa shape index (κ2) is 8.73. The average molecular weight is 343 g/mol. The zero-order valence-corrected chi connectivity index (χ0v) is 14.7. The third-order valence-electron chi connectivity index (χ3n) is 3.44. The van der Waals surface area contributed by atoms with Crippen molar-refractivity contribution in [2.24, 2.45) is 0 Å². The molecule has 0 N–H and O–H groups in total. The molecule has 0 saturated carbocycles. The van der Waals surface area contributed by atoms with Crippen LogP contribution in [0.5, 0.6) is 17.2 Å². The molecule has 0 radical (unpaired) electrons. The number of benzene rings is 1. The molecular weight excluding hydrogens is 322 g/mol. The van der Waals surface area contributed by atoms with Gasteiger partial charge in [0.1, 0.15) is 0 Å². The maximum absolute atomic E-state index is 11.4. The first kappa shape index (κ1) is 18.3. The van der Waals surface area contributed by atoms with Crippen molar-refractivity contribution in [3.63, 3.8) is 0 Å². The molecule has 0 unspecified atom stereocenters. The van der Waals surface area contributed by atoms with Crippen LogP contribution in [0, 0.1) is 0 Å². The number of carbonyl (C=O) groups is 1. The molecule has 2 aromatic rings. The molecule has 25 heavy (non-hydrogen) atoms. The van der Waals surface area contributed by atoms with Crippen LogP contribution in [-0.2, 0) is 9.53 Å². The Morgan fingerprint density at radius 3 is 2.32 bits per heavy atom. The highest BCUT2D eigenvalue weighted by atomic mass is 16.5. The fourth-order valence-corrected chi connectivity index (χ4v) is 2.29. The molecule has 0 saturated heterocycles. The highest BCUT2D eigenvalue weighted by molar-refractivity contribution is 5.87. The van der Waals surface area contributed by atoms with Gasteiger partial charge in [0, 0.05) is 17.8 Å². The first-order valence-corrected chi connectivity index (χ1v) is 7.74. The summed E-state index contributed by atoms with van der Waals surface area (Å²) in [7, 11) is 4.68. The number of ether oxygens (including phenoxy) is 4. The smallest absolute Gasteiger partial charge is 0.330 e. The summed E-state index contributed by atoms with van der Waals surface area (Å²) in [6, 6.07) is 7.30. The van der Waals surface area contributed by atoms with Crippen LogP contribution in [0.15, 0.2) is 36.5 Å². The average Bonchev–Trinajstić information content (AvgIpc) is 2.65. The van der Waals surface area contributed by atoms with Gasteiger partial charge in [0.2, 0.25) is 5.75 Å². The van der Waals surface area contributed by atoms with Gasteiger partial charge in [-0.15, -0.1) is 0 Å². The number of esters is 1. The maximum Gasteiger partial charge on any atom is 0.330 e. The summed E-state index contributed by atoms with van der Waals surface area (Å²) >= 11 is 0. The summed E-state index contributed by atoms with van der Waals surface area (Å²) < 4.78 is 20.9. The normalized spacial score (nSPS) is 10.6. The van der Waals surface area contributed by atoms with Gasteiger partial charge in [0.15, 0.2) is 11.5 Å². The van der Waals surface area contributed by atoms with Crippen molar-refractivity contribution >= 4 is 12.0 Å². The van der Waals surface area contributed by atoms with Gasteiger partial charge in [-0.2, -0.15) is 0 Å². The van der Waals surface area contributed by atoms with Gasteiger partial charge >= 0.3 is 5.97 Å². The van der Waals surface area contributed by atoms with Crippen molar-refractivity contribution in [3.05, 3.63) is 42.1 Å². The van der Waals surface area contributed by atoms with E-state index in [2.05, 4.69) is 4.98 Å². The molecule has 0 spiro atoms. The Morgan fingerprint density at radius 2 is 1.76 bits per heavy atom. The molecule has 1 aromatic carbocycles. The number of methoxy groups -OCH3 is 3. The lowest BCUT2D eigenvalue weighted by molar-refractivity contribution is -0.137. The molecule has 0 amide bonds. The third-order valence-corrected chi connectivity index (χ3v) is 3.44. The van der Waals surface area contributed by atoms with E-state index in [1.54, 1.807) is 46.6 Å². The van der Waals surface area contributed by atoms with Crippen molar-refractivity contribution in [1.29, 1.82) is 0 Å². The van der Waals surface area contributed by atoms with E-state index in [1.165, 1.54) is 6.08 Å². The Bertz CT molecular complexity index is 745. The zero-order valence-electron chi connectivity index (χ0n) is 14.7. The van der Waals surface area contributed by atoms with Crippen molar-refractivity contribution < 1.29 is 23.7 Å². The van der Waals surface area contributed by atoms with Crippen molar-refractivity contribution in [3.8, 4) is 28.5 Å². The molecule has 0 aliphatic heterocycles. The minimum atomic E-state index is -0.381. The van der Waals surface area contributed by atoms with Crippen LogP contribution in [0.25, 0.3) is 17.3 Å². The quantitative estimate of drug-likeness (QED) is 0.567. The molecule has 6 nitrogen and oxygen atoms in total. The number of hydrogen-bond acceptors (Lipinski definition) is 6. The molecule has 0 aliphatic rings. The summed E-state index contributed by atoms with van der Waals surface area (Å²) in [6.07, 6.45) is 4.74. The number of rotatable bonds is 7. The van der Waals surface area contributed by atoms with Gasteiger partial charge in [-0.05, 0) is 42.8 Å². The van der Waals surface area contributed by atoms with Gasteiger partial charge in [0.05, 0.1) is 33.6 Å². The number of nitrogens with zero attached hydrogens (tertiary/aromatic N) is 1. The number of carbonyl (C=O) groups excluding carboxylic acids is 1. The van der Waals surface area contributed by atoms with Gasteiger partial charge in [-0.3, -0.25) is 4.98 Å². The zero-order chi connectivity index (χ0) is 18.2. The molecule has 0 atom stereocenters. The standard InChI is InChI=1S/C19H21NO5/c1-5-25-18(21)7-6-13-8-9-20-15(10-13)14-11-16(22-2)19(24-4)17(12-14)23-3/h6-12H,5H2,1-4H3/b7-6+. The van der Waals surface area contributed by atoms with Crippen LogP contribution in [-0.4, -0.2) is 38.9 Å². The Morgan fingerprint density at radius 1 is 1.08 bits per heavy atom. The SMILES string of the molecule is CCOC(=O)/C=C/c1ccnc(-c2cc(OC)c(OC)c(OC)c2)c1. The van der Waals surface area contributed by atoms with Gasteiger partial charge < -0.3 is 18.9 Å². The summed E-state index contributed by atoms with van der Waals surface area (Å²) in [5.74, 6) is 1.23. The lowest BCUT2D eigenvalue weighted by atomic mass is 10.1. The second-order valence-corrected chi connectivity index (χ2v) is 4.97. The highest BCUT2D eigenvalue weighted by Gasteiger charge is 2.14. The van der Waals surface area contributed by atoms with Crippen LogP contribution >= 0.6 is 0 Å². The summed E-state index contributed by atoms with van der Waals surface area (Å²) in [4.78, 5) is 15.8. The van der Waals surface area contributed by atoms with Crippen molar-refractivity contribution in [1.82, 2.24) is 4.98 Å². The van der Waals surface area contributed by atoms with Crippen LogP contribution < -0.4 is 14.2 Å². The van der Waals surface area contributed by atoms with E-state index in [-0.39, 0.29) is 5.97 Å². The highest BCUT2D eigenvalue weighted by Crippen LogP contribution is 2.40. The fraction of sp³-hybridized carbons (Fsp3) is 0.263.